The molecule has 2 unspecified atom stereocenters. The van der Waals surface area contributed by atoms with Gasteiger partial charge >= 0.3 is 0 Å². The molecule has 1 fully saturated rings. The number of hydrogen-bond donors (Lipinski definition) is 1. The average molecular weight is 312 g/mol. The molecular formula is C14H20N2O4S. The van der Waals surface area contributed by atoms with Crippen LogP contribution in [-0.4, -0.2) is 51.0 Å². The summed E-state index contributed by atoms with van der Waals surface area (Å²) in [6, 6.07) is 5.75. The van der Waals surface area contributed by atoms with Gasteiger partial charge < -0.3 is 10.1 Å². The molecule has 1 N–H and O–H groups in total. The highest BCUT2D eigenvalue weighted by Crippen LogP contribution is 2.22. The topological polar surface area (TPSA) is 75.7 Å². The largest absolute Gasteiger partial charge is 0.375 e. The minimum atomic E-state index is -3.57. The Morgan fingerprint density at radius 3 is 2.48 bits per heavy atom. The second-order valence-electron chi connectivity index (χ2n) is 5.17. The van der Waals surface area contributed by atoms with Crippen LogP contribution in [-0.2, 0) is 14.8 Å². The SMILES string of the molecule is CNC(=O)c1ccc(S(=O)(=O)N2CC(C)OCC2C)cc1. The molecule has 0 spiro atoms. The first-order valence-corrected chi connectivity index (χ1v) is 8.26. The molecule has 1 aromatic rings. The predicted octanol–water partition coefficient (Wildman–Crippen LogP) is 0.844. The molecule has 6 nitrogen and oxygen atoms in total. The van der Waals surface area contributed by atoms with E-state index in [0.717, 1.165) is 0 Å². The summed E-state index contributed by atoms with van der Waals surface area (Å²) < 4.78 is 32.2. The second-order valence-corrected chi connectivity index (χ2v) is 7.06. The molecule has 0 saturated carbocycles. The van der Waals surface area contributed by atoms with Crippen molar-refractivity contribution >= 4 is 15.9 Å². The highest BCUT2D eigenvalue weighted by Gasteiger charge is 2.34. The van der Waals surface area contributed by atoms with E-state index >= 15 is 0 Å². The summed E-state index contributed by atoms with van der Waals surface area (Å²) >= 11 is 0. The summed E-state index contributed by atoms with van der Waals surface area (Å²) in [5.41, 5.74) is 0.430. The fourth-order valence-corrected chi connectivity index (χ4v) is 3.96. The quantitative estimate of drug-likeness (QED) is 0.897. The number of amides is 1. The molecule has 0 aromatic heterocycles. The van der Waals surface area contributed by atoms with Gasteiger partial charge in [-0.3, -0.25) is 4.79 Å². The summed E-state index contributed by atoms with van der Waals surface area (Å²) in [7, 11) is -2.04. The van der Waals surface area contributed by atoms with Gasteiger partial charge in [0.05, 0.1) is 17.6 Å². The lowest BCUT2D eigenvalue weighted by Crippen LogP contribution is -2.50. The molecule has 0 aliphatic carbocycles. The summed E-state index contributed by atoms with van der Waals surface area (Å²) in [4.78, 5) is 11.7. The number of rotatable bonds is 3. The number of nitrogens with one attached hydrogen (secondary N) is 1. The number of ether oxygens (including phenoxy) is 1. The number of carbonyl (C=O) groups is 1. The first-order chi connectivity index (χ1) is 9.86. The highest BCUT2D eigenvalue weighted by molar-refractivity contribution is 7.89. The normalized spacial score (nSPS) is 23.8. The van der Waals surface area contributed by atoms with E-state index in [-0.39, 0.29) is 22.9 Å². The Morgan fingerprint density at radius 1 is 1.29 bits per heavy atom. The molecular weight excluding hydrogens is 292 g/mol. The van der Waals surface area contributed by atoms with Crippen molar-refractivity contribution < 1.29 is 17.9 Å². The molecule has 1 saturated heterocycles. The molecule has 21 heavy (non-hydrogen) atoms. The number of benzene rings is 1. The average Bonchev–Trinajstić information content (AvgIpc) is 2.49. The van der Waals surface area contributed by atoms with Crippen LogP contribution >= 0.6 is 0 Å². The third-order valence-corrected chi connectivity index (χ3v) is 5.50. The van der Waals surface area contributed by atoms with Gasteiger partial charge in [-0.15, -0.1) is 0 Å². The van der Waals surface area contributed by atoms with Crippen LogP contribution in [0.5, 0.6) is 0 Å². The Balaban J connectivity index is 2.28. The third-order valence-electron chi connectivity index (χ3n) is 3.50. The van der Waals surface area contributed by atoms with Crippen molar-refractivity contribution in [3.63, 3.8) is 0 Å². The maximum Gasteiger partial charge on any atom is 0.251 e. The standard InChI is InChI=1S/C14H20N2O4S/c1-10-9-20-11(2)8-16(10)21(18,19)13-6-4-12(5-7-13)14(17)15-3/h4-7,10-11H,8-9H2,1-3H3,(H,15,17). The van der Waals surface area contributed by atoms with Gasteiger partial charge in [-0.05, 0) is 38.1 Å². The van der Waals surface area contributed by atoms with Crippen molar-refractivity contribution in [2.75, 3.05) is 20.2 Å². The maximum atomic E-state index is 12.7. The van der Waals surface area contributed by atoms with E-state index in [1.807, 2.05) is 13.8 Å². The van der Waals surface area contributed by atoms with Crippen molar-refractivity contribution in [3.05, 3.63) is 29.8 Å². The van der Waals surface area contributed by atoms with Gasteiger partial charge in [0, 0.05) is 25.2 Å². The van der Waals surface area contributed by atoms with E-state index in [1.165, 1.54) is 35.6 Å². The van der Waals surface area contributed by atoms with Crippen LogP contribution in [0.15, 0.2) is 29.2 Å². The molecule has 7 heteroatoms. The lowest BCUT2D eigenvalue weighted by Gasteiger charge is -2.35. The van der Waals surface area contributed by atoms with E-state index in [2.05, 4.69) is 5.32 Å². The number of morpholine rings is 1. The molecule has 1 amide bonds. The van der Waals surface area contributed by atoms with E-state index in [0.29, 0.717) is 18.7 Å². The van der Waals surface area contributed by atoms with Gasteiger partial charge in [-0.25, -0.2) is 8.42 Å². The van der Waals surface area contributed by atoms with E-state index in [4.69, 9.17) is 4.74 Å². The molecule has 0 radical (unpaired) electrons. The molecule has 2 atom stereocenters. The molecule has 1 aliphatic heterocycles. The monoisotopic (exact) mass is 312 g/mol. The van der Waals surface area contributed by atoms with Crippen LogP contribution in [0, 0.1) is 0 Å². The van der Waals surface area contributed by atoms with Crippen LogP contribution < -0.4 is 5.32 Å². The lowest BCUT2D eigenvalue weighted by molar-refractivity contribution is -0.0170. The summed E-state index contributed by atoms with van der Waals surface area (Å²) in [5, 5.41) is 2.50. The number of nitrogens with zero attached hydrogens (tertiary/aromatic N) is 1. The molecule has 1 aromatic carbocycles. The van der Waals surface area contributed by atoms with Gasteiger partial charge in [-0.1, -0.05) is 0 Å². The Kier molecular flexibility index (Phi) is 4.65. The first-order valence-electron chi connectivity index (χ1n) is 6.82. The fourth-order valence-electron chi connectivity index (χ4n) is 2.27. The van der Waals surface area contributed by atoms with Crippen LogP contribution in [0.25, 0.3) is 0 Å². The van der Waals surface area contributed by atoms with Crippen LogP contribution in [0.1, 0.15) is 24.2 Å². The van der Waals surface area contributed by atoms with Gasteiger partial charge in [0.2, 0.25) is 10.0 Å². The predicted molar refractivity (Wildman–Crippen MR) is 78.6 cm³/mol. The lowest BCUT2D eigenvalue weighted by atomic mass is 10.2. The van der Waals surface area contributed by atoms with E-state index < -0.39 is 10.0 Å². The molecule has 1 heterocycles. The Bertz CT molecular complexity index is 612. The first kappa shape index (κ1) is 15.9. The van der Waals surface area contributed by atoms with Crippen LogP contribution in [0.3, 0.4) is 0 Å². The van der Waals surface area contributed by atoms with Gasteiger partial charge in [0.1, 0.15) is 0 Å². The Morgan fingerprint density at radius 2 is 1.90 bits per heavy atom. The fraction of sp³-hybridized carbons (Fsp3) is 0.500. The molecule has 0 bridgehead atoms. The third kappa shape index (κ3) is 3.25. The minimum absolute atomic E-state index is 0.124. The van der Waals surface area contributed by atoms with Crippen molar-refractivity contribution in [1.82, 2.24) is 9.62 Å². The second kappa shape index (κ2) is 6.13. The van der Waals surface area contributed by atoms with Gasteiger partial charge in [0.15, 0.2) is 0 Å². The number of hydrogen-bond acceptors (Lipinski definition) is 4. The van der Waals surface area contributed by atoms with Crippen LogP contribution in [0.2, 0.25) is 0 Å². The van der Waals surface area contributed by atoms with Gasteiger partial charge in [0.25, 0.3) is 5.91 Å². The summed E-state index contributed by atoms with van der Waals surface area (Å²) in [5.74, 6) is -0.243. The molecule has 1 aliphatic rings. The zero-order valence-corrected chi connectivity index (χ0v) is 13.2. The Labute approximate surface area is 125 Å². The van der Waals surface area contributed by atoms with Gasteiger partial charge in [-0.2, -0.15) is 4.31 Å². The zero-order valence-electron chi connectivity index (χ0n) is 12.4. The van der Waals surface area contributed by atoms with Crippen molar-refractivity contribution in [2.45, 2.75) is 30.9 Å². The van der Waals surface area contributed by atoms with Crippen molar-refractivity contribution in [1.29, 1.82) is 0 Å². The minimum Gasteiger partial charge on any atom is -0.375 e. The van der Waals surface area contributed by atoms with E-state index in [1.54, 1.807) is 0 Å². The summed E-state index contributed by atoms with van der Waals surface area (Å²) in [6.07, 6.45) is -0.124. The maximum absolute atomic E-state index is 12.7. The smallest absolute Gasteiger partial charge is 0.251 e. The number of sulfonamides is 1. The summed E-state index contributed by atoms with van der Waals surface area (Å²) in [6.45, 7) is 4.39. The molecule has 116 valence electrons. The zero-order chi connectivity index (χ0) is 15.6. The van der Waals surface area contributed by atoms with Crippen LogP contribution in [0.4, 0.5) is 0 Å². The molecule has 2 rings (SSSR count). The van der Waals surface area contributed by atoms with Crippen molar-refractivity contribution in [2.24, 2.45) is 0 Å². The highest BCUT2D eigenvalue weighted by atomic mass is 32.2. The Hall–Kier alpha value is -1.44. The van der Waals surface area contributed by atoms with Crippen molar-refractivity contribution in [3.8, 4) is 0 Å². The van der Waals surface area contributed by atoms with E-state index in [9.17, 15) is 13.2 Å². The number of carbonyl (C=O) groups excluding carboxylic acids is 1.